The van der Waals surface area contributed by atoms with Crippen LogP contribution in [0.4, 0.5) is 19.3 Å². The fourth-order valence-corrected chi connectivity index (χ4v) is 3.04. The number of nitrogens with zero attached hydrogens (tertiary/aromatic N) is 2. The Hall–Kier alpha value is -4.15. The molecule has 0 bridgehead atoms. The molecular formula is C21H18F2N4O5. The van der Waals surface area contributed by atoms with Crippen molar-refractivity contribution in [1.82, 2.24) is 15.1 Å². The Kier molecular flexibility index (Phi) is 6.57. The van der Waals surface area contributed by atoms with Gasteiger partial charge in [-0.05, 0) is 24.6 Å². The van der Waals surface area contributed by atoms with Crippen molar-refractivity contribution in [3.8, 4) is 0 Å². The second-order valence-electron chi connectivity index (χ2n) is 6.89. The van der Waals surface area contributed by atoms with Crippen LogP contribution in [0.25, 0.3) is 0 Å². The summed E-state index contributed by atoms with van der Waals surface area (Å²) in [5.74, 6) is -6.07. The van der Waals surface area contributed by atoms with E-state index < -0.39 is 60.4 Å². The minimum atomic E-state index is -1.16. The molecule has 1 heterocycles. The van der Waals surface area contributed by atoms with E-state index in [4.69, 9.17) is 0 Å². The number of nitrogens with one attached hydrogen (secondary N) is 2. The SMILES string of the molecule is CC(c1ccccc1)N1C(=O)C(=O)N(CC(=O)NCC(=O)Nc2ccc(F)c(F)c2)C1=O. The van der Waals surface area contributed by atoms with E-state index in [1.54, 1.807) is 37.3 Å². The van der Waals surface area contributed by atoms with Crippen LogP contribution in [0.1, 0.15) is 18.5 Å². The normalized spacial score (nSPS) is 14.5. The largest absolute Gasteiger partial charge is 0.345 e. The molecule has 1 aliphatic heterocycles. The van der Waals surface area contributed by atoms with E-state index in [0.29, 0.717) is 10.5 Å². The third-order valence-corrected chi connectivity index (χ3v) is 4.70. The fourth-order valence-electron chi connectivity index (χ4n) is 3.04. The van der Waals surface area contributed by atoms with Crippen LogP contribution in [0.5, 0.6) is 0 Å². The van der Waals surface area contributed by atoms with Crippen LogP contribution in [0.2, 0.25) is 0 Å². The molecule has 9 nitrogen and oxygen atoms in total. The summed E-state index contributed by atoms with van der Waals surface area (Å²) in [4.78, 5) is 62.4. The Bertz CT molecular complexity index is 1090. The predicted octanol–water partition coefficient (Wildman–Crippen LogP) is 1.57. The van der Waals surface area contributed by atoms with Gasteiger partial charge < -0.3 is 10.6 Å². The molecule has 32 heavy (non-hydrogen) atoms. The molecule has 0 spiro atoms. The molecule has 11 heteroatoms. The molecular weight excluding hydrogens is 426 g/mol. The zero-order valence-electron chi connectivity index (χ0n) is 16.8. The topological polar surface area (TPSA) is 116 Å². The second-order valence-corrected chi connectivity index (χ2v) is 6.89. The number of hydrogen-bond acceptors (Lipinski definition) is 5. The lowest BCUT2D eigenvalue weighted by molar-refractivity contribution is -0.144. The lowest BCUT2D eigenvalue weighted by Gasteiger charge is -2.22. The molecule has 2 aromatic carbocycles. The van der Waals surface area contributed by atoms with E-state index >= 15 is 0 Å². The summed E-state index contributed by atoms with van der Waals surface area (Å²) < 4.78 is 26.1. The first-order valence-corrected chi connectivity index (χ1v) is 9.44. The molecule has 1 aliphatic rings. The second kappa shape index (κ2) is 9.33. The molecule has 0 aromatic heterocycles. The van der Waals surface area contributed by atoms with Crippen molar-refractivity contribution in [2.45, 2.75) is 13.0 Å². The van der Waals surface area contributed by atoms with Crippen molar-refractivity contribution in [2.75, 3.05) is 18.4 Å². The van der Waals surface area contributed by atoms with Gasteiger partial charge in [-0.1, -0.05) is 30.3 Å². The zero-order valence-corrected chi connectivity index (χ0v) is 16.8. The minimum absolute atomic E-state index is 0.0239. The van der Waals surface area contributed by atoms with E-state index in [1.165, 1.54) is 0 Å². The summed E-state index contributed by atoms with van der Waals surface area (Å²) in [6.07, 6.45) is 0. The first-order valence-electron chi connectivity index (χ1n) is 9.44. The average Bonchev–Trinajstić information content (AvgIpc) is 2.98. The van der Waals surface area contributed by atoms with Gasteiger partial charge in [-0.25, -0.2) is 23.4 Å². The number of rotatable bonds is 7. The standard InChI is InChI=1S/C21H18F2N4O5/c1-12(13-5-3-2-4-6-13)27-20(31)19(30)26(21(27)32)11-18(29)24-10-17(28)25-14-7-8-15(22)16(23)9-14/h2-9,12H,10-11H2,1H3,(H,24,29)(H,25,28). The van der Waals surface area contributed by atoms with E-state index in [9.17, 15) is 32.8 Å². The van der Waals surface area contributed by atoms with Crippen LogP contribution in [0, 0.1) is 11.6 Å². The van der Waals surface area contributed by atoms with Gasteiger partial charge in [0.25, 0.3) is 0 Å². The van der Waals surface area contributed by atoms with E-state index in [1.807, 2.05) is 0 Å². The van der Waals surface area contributed by atoms with Crippen molar-refractivity contribution < 1.29 is 32.8 Å². The van der Waals surface area contributed by atoms with Gasteiger partial charge >= 0.3 is 17.8 Å². The number of carbonyl (C=O) groups excluding carboxylic acids is 5. The maximum atomic E-state index is 13.2. The summed E-state index contributed by atoms with van der Waals surface area (Å²) in [6, 6.07) is 9.63. The Labute approximate surface area is 181 Å². The lowest BCUT2D eigenvalue weighted by atomic mass is 10.1. The number of urea groups is 1. The zero-order chi connectivity index (χ0) is 23.4. The first-order chi connectivity index (χ1) is 15.2. The highest BCUT2D eigenvalue weighted by molar-refractivity contribution is 6.45. The van der Waals surface area contributed by atoms with Gasteiger partial charge in [-0.2, -0.15) is 0 Å². The average molecular weight is 444 g/mol. The van der Waals surface area contributed by atoms with Gasteiger partial charge in [0.1, 0.15) is 6.54 Å². The highest BCUT2D eigenvalue weighted by Gasteiger charge is 2.47. The minimum Gasteiger partial charge on any atom is -0.345 e. The maximum absolute atomic E-state index is 13.2. The maximum Gasteiger partial charge on any atom is 0.335 e. The number of hydrogen-bond donors (Lipinski definition) is 2. The van der Waals surface area contributed by atoms with Crippen LogP contribution in [0.3, 0.4) is 0 Å². The van der Waals surface area contributed by atoms with Gasteiger partial charge in [-0.15, -0.1) is 0 Å². The Morgan fingerprint density at radius 3 is 2.28 bits per heavy atom. The van der Waals surface area contributed by atoms with Crippen LogP contribution >= 0.6 is 0 Å². The van der Waals surface area contributed by atoms with Crippen LogP contribution in [0.15, 0.2) is 48.5 Å². The number of imide groups is 2. The quantitative estimate of drug-likeness (QED) is 0.497. The number of benzene rings is 2. The molecule has 0 aliphatic carbocycles. The molecule has 1 saturated heterocycles. The molecule has 6 amide bonds. The van der Waals surface area contributed by atoms with E-state index in [0.717, 1.165) is 23.1 Å². The van der Waals surface area contributed by atoms with Crippen molar-refractivity contribution in [2.24, 2.45) is 0 Å². The van der Waals surface area contributed by atoms with Crippen molar-refractivity contribution >= 4 is 35.3 Å². The highest BCUT2D eigenvalue weighted by atomic mass is 19.2. The number of halogens is 2. The molecule has 1 unspecified atom stereocenters. The molecule has 2 aromatic rings. The lowest BCUT2D eigenvalue weighted by Crippen LogP contribution is -2.43. The third-order valence-electron chi connectivity index (χ3n) is 4.70. The molecule has 0 saturated carbocycles. The van der Waals surface area contributed by atoms with E-state index in [2.05, 4.69) is 10.6 Å². The summed E-state index contributed by atoms with van der Waals surface area (Å²) in [5, 5.41) is 4.45. The Morgan fingerprint density at radius 2 is 1.62 bits per heavy atom. The number of amides is 6. The molecule has 2 N–H and O–H groups in total. The summed E-state index contributed by atoms with van der Waals surface area (Å²) >= 11 is 0. The first kappa shape index (κ1) is 22.5. The monoisotopic (exact) mass is 444 g/mol. The smallest absolute Gasteiger partial charge is 0.335 e. The van der Waals surface area contributed by atoms with Gasteiger partial charge in [0.2, 0.25) is 11.8 Å². The molecule has 3 rings (SSSR count). The van der Waals surface area contributed by atoms with Gasteiger partial charge in [0, 0.05) is 11.8 Å². The van der Waals surface area contributed by atoms with Crippen LogP contribution in [-0.4, -0.2) is 52.5 Å². The van der Waals surface area contributed by atoms with Crippen LogP contribution < -0.4 is 10.6 Å². The van der Waals surface area contributed by atoms with E-state index in [-0.39, 0.29) is 5.69 Å². The van der Waals surface area contributed by atoms with Crippen molar-refractivity contribution in [3.05, 3.63) is 65.7 Å². The predicted molar refractivity (Wildman–Crippen MR) is 107 cm³/mol. The Balaban J connectivity index is 1.56. The highest BCUT2D eigenvalue weighted by Crippen LogP contribution is 2.25. The molecule has 1 atom stereocenters. The third kappa shape index (κ3) is 4.77. The molecule has 0 radical (unpaired) electrons. The molecule has 166 valence electrons. The summed E-state index contributed by atoms with van der Waals surface area (Å²) in [6.45, 7) is 0.247. The fraction of sp³-hybridized carbons (Fsp3) is 0.190. The van der Waals surface area contributed by atoms with Crippen LogP contribution in [-0.2, 0) is 19.2 Å². The summed E-state index contributed by atoms with van der Waals surface area (Å²) in [5.41, 5.74) is 0.603. The Morgan fingerprint density at radius 1 is 0.938 bits per heavy atom. The van der Waals surface area contributed by atoms with Gasteiger partial charge in [-0.3, -0.25) is 19.2 Å². The van der Waals surface area contributed by atoms with Crippen molar-refractivity contribution in [1.29, 1.82) is 0 Å². The van der Waals surface area contributed by atoms with Crippen molar-refractivity contribution in [3.63, 3.8) is 0 Å². The number of anilines is 1. The summed E-state index contributed by atoms with van der Waals surface area (Å²) in [7, 11) is 0. The molecule has 1 fully saturated rings. The van der Waals surface area contributed by atoms with Gasteiger partial charge in [0.05, 0.1) is 12.6 Å². The number of carbonyl (C=O) groups is 5. The van der Waals surface area contributed by atoms with Gasteiger partial charge in [0.15, 0.2) is 11.6 Å².